The second kappa shape index (κ2) is 5.91. The summed E-state index contributed by atoms with van der Waals surface area (Å²) in [4.78, 5) is 8.39. The van der Waals surface area contributed by atoms with E-state index in [4.69, 9.17) is 4.74 Å². The molecule has 0 radical (unpaired) electrons. The molecular weight excluding hydrogens is 234 g/mol. The second-order valence-electron chi connectivity index (χ2n) is 4.34. The Balaban J connectivity index is 2.08. The fraction of sp³-hybridized carbons (Fsp3) is 0.750. The van der Waals surface area contributed by atoms with Crippen LogP contribution in [0.5, 0.6) is 0 Å². The van der Waals surface area contributed by atoms with Crippen LogP contribution in [-0.4, -0.2) is 43.2 Å². The fourth-order valence-corrected chi connectivity index (χ4v) is 3.17. The molecule has 2 heterocycles. The van der Waals surface area contributed by atoms with E-state index in [-0.39, 0.29) is 6.10 Å². The van der Waals surface area contributed by atoms with E-state index in [1.54, 1.807) is 11.3 Å². The number of nitrogens with zero attached hydrogens (tertiary/aromatic N) is 2. The van der Waals surface area contributed by atoms with Gasteiger partial charge in [0, 0.05) is 24.5 Å². The SMILES string of the molecule is CCN1CCOC(c2nc(C)c(CNC)s2)C1. The van der Waals surface area contributed by atoms with E-state index >= 15 is 0 Å². The van der Waals surface area contributed by atoms with Gasteiger partial charge in [-0.05, 0) is 20.5 Å². The molecule has 2 rings (SSSR count). The predicted molar refractivity (Wildman–Crippen MR) is 70.4 cm³/mol. The normalized spacial score (nSPS) is 21.9. The Morgan fingerprint density at radius 2 is 2.41 bits per heavy atom. The molecule has 1 aliphatic rings. The molecule has 1 fully saturated rings. The van der Waals surface area contributed by atoms with Crippen molar-refractivity contribution in [3.05, 3.63) is 15.6 Å². The summed E-state index contributed by atoms with van der Waals surface area (Å²) in [7, 11) is 1.97. The van der Waals surface area contributed by atoms with Crippen molar-refractivity contribution in [3.63, 3.8) is 0 Å². The van der Waals surface area contributed by atoms with Gasteiger partial charge >= 0.3 is 0 Å². The summed E-state index contributed by atoms with van der Waals surface area (Å²) in [6, 6.07) is 0. The van der Waals surface area contributed by atoms with Gasteiger partial charge in [-0.2, -0.15) is 0 Å². The lowest BCUT2D eigenvalue weighted by atomic mass is 10.3. The van der Waals surface area contributed by atoms with Crippen LogP contribution in [0, 0.1) is 6.92 Å². The quantitative estimate of drug-likeness (QED) is 0.886. The minimum Gasteiger partial charge on any atom is -0.368 e. The van der Waals surface area contributed by atoms with Gasteiger partial charge in [0.15, 0.2) is 0 Å². The second-order valence-corrected chi connectivity index (χ2v) is 5.46. The molecule has 17 heavy (non-hydrogen) atoms. The van der Waals surface area contributed by atoms with Crippen LogP contribution in [0.15, 0.2) is 0 Å². The molecule has 0 amide bonds. The number of morpholine rings is 1. The van der Waals surface area contributed by atoms with E-state index < -0.39 is 0 Å². The number of aromatic nitrogens is 1. The molecule has 1 aliphatic heterocycles. The van der Waals surface area contributed by atoms with Gasteiger partial charge in [-0.1, -0.05) is 6.92 Å². The molecule has 1 unspecified atom stereocenters. The molecule has 0 aliphatic carbocycles. The number of thiazole rings is 1. The van der Waals surface area contributed by atoms with Crippen molar-refractivity contribution in [2.24, 2.45) is 0 Å². The zero-order valence-electron chi connectivity index (χ0n) is 10.8. The molecule has 1 saturated heterocycles. The zero-order chi connectivity index (χ0) is 12.3. The predicted octanol–water partition coefficient (Wildman–Crippen LogP) is 1.56. The number of nitrogens with one attached hydrogen (secondary N) is 1. The monoisotopic (exact) mass is 255 g/mol. The number of likely N-dealkylation sites (N-methyl/N-ethyl adjacent to an activating group) is 1. The molecule has 1 aromatic rings. The van der Waals surface area contributed by atoms with Crippen LogP contribution >= 0.6 is 11.3 Å². The molecule has 0 bridgehead atoms. The summed E-state index contributed by atoms with van der Waals surface area (Å²) in [5.74, 6) is 0. The number of hydrogen-bond donors (Lipinski definition) is 1. The largest absolute Gasteiger partial charge is 0.368 e. The molecule has 96 valence electrons. The van der Waals surface area contributed by atoms with Crippen LogP contribution in [-0.2, 0) is 11.3 Å². The minimum absolute atomic E-state index is 0.165. The molecule has 5 heteroatoms. The third-order valence-corrected chi connectivity index (χ3v) is 4.37. The van der Waals surface area contributed by atoms with Crippen LogP contribution in [0.2, 0.25) is 0 Å². The highest BCUT2D eigenvalue weighted by Gasteiger charge is 2.24. The van der Waals surface area contributed by atoms with Gasteiger partial charge in [0.25, 0.3) is 0 Å². The minimum atomic E-state index is 0.165. The standard InChI is InChI=1S/C12H21N3OS/c1-4-15-5-6-16-10(8-15)12-14-9(2)11(17-12)7-13-3/h10,13H,4-8H2,1-3H3. The molecule has 4 nitrogen and oxygen atoms in total. The Hall–Kier alpha value is -0.490. The average Bonchev–Trinajstić information content (AvgIpc) is 2.72. The first-order valence-electron chi connectivity index (χ1n) is 6.19. The van der Waals surface area contributed by atoms with Gasteiger partial charge in [0.2, 0.25) is 0 Å². The molecule has 0 saturated carbocycles. The topological polar surface area (TPSA) is 37.4 Å². The van der Waals surface area contributed by atoms with Crippen molar-refractivity contribution in [3.8, 4) is 0 Å². The lowest BCUT2D eigenvalue weighted by molar-refractivity contribution is -0.0282. The number of rotatable bonds is 4. The Morgan fingerprint density at radius 3 is 3.12 bits per heavy atom. The molecule has 0 spiro atoms. The first-order chi connectivity index (χ1) is 8.24. The summed E-state index contributed by atoms with van der Waals surface area (Å²) in [6.45, 7) is 9.10. The van der Waals surface area contributed by atoms with Crippen molar-refractivity contribution in [2.75, 3.05) is 33.3 Å². The van der Waals surface area contributed by atoms with Crippen LogP contribution < -0.4 is 5.32 Å². The zero-order valence-corrected chi connectivity index (χ0v) is 11.6. The van der Waals surface area contributed by atoms with Crippen molar-refractivity contribution in [1.29, 1.82) is 0 Å². The van der Waals surface area contributed by atoms with Gasteiger partial charge in [-0.25, -0.2) is 4.98 Å². The van der Waals surface area contributed by atoms with Crippen molar-refractivity contribution in [2.45, 2.75) is 26.5 Å². The molecule has 1 atom stereocenters. The van der Waals surface area contributed by atoms with Crippen LogP contribution in [0.4, 0.5) is 0 Å². The number of hydrogen-bond acceptors (Lipinski definition) is 5. The molecule has 1 N–H and O–H groups in total. The van der Waals surface area contributed by atoms with Crippen molar-refractivity contribution < 1.29 is 4.74 Å². The average molecular weight is 255 g/mol. The third kappa shape index (κ3) is 3.04. The highest BCUT2D eigenvalue weighted by Crippen LogP contribution is 2.28. The van der Waals surface area contributed by atoms with Crippen molar-refractivity contribution >= 4 is 11.3 Å². The first kappa shape index (κ1) is 13.0. The van der Waals surface area contributed by atoms with E-state index in [1.165, 1.54) is 4.88 Å². The van der Waals surface area contributed by atoms with Crippen LogP contribution in [0.25, 0.3) is 0 Å². The Morgan fingerprint density at radius 1 is 1.59 bits per heavy atom. The van der Waals surface area contributed by atoms with Gasteiger partial charge in [-0.15, -0.1) is 11.3 Å². The summed E-state index contributed by atoms with van der Waals surface area (Å²) in [5.41, 5.74) is 1.14. The number of ether oxygens (including phenoxy) is 1. The maximum atomic E-state index is 5.83. The molecular formula is C12H21N3OS. The van der Waals surface area contributed by atoms with E-state index in [0.29, 0.717) is 0 Å². The highest BCUT2D eigenvalue weighted by atomic mass is 32.1. The Kier molecular flexibility index (Phi) is 4.50. The molecule has 1 aromatic heterocycles. The maximum Gasteiger partial charge on any atom is 0.123 e. The summed E-state index contributed by atoms with van der Waals surface area (Å²) in [6.07, 6.45) is 0.165. The lowest BCUT2D eigenvalue weighted by Gasteiger charge is -2.30. The van der Waals surface area contributed by atoms with Crippen LogP contribution in [0.1, 0.15) is 28.6 Å². The van der Waals surface area contributed by atoms with Gasteiger partial charge in [0.1, 0.15) is 11.1 Å². The Labute approximate surface area is 107 Å². The van der Waals surface area contributed by atoms with Crippen molar-refractivity contribution in [1.82, 2.24) is 15.2 Å². The van der Waals surface area contributed by atoms with Gasteiger partial charge in [0.05, 0.1) is 12.3 Å². The van der Waals surface area contributed by atoms with Gasteiger partial charge < -0.3 is 10.1 Å². The third-order valence-electron chi connectivity index (χ3n) is 3.12. The smallest absolute Gasteiger partial charge is 0.123 e. The van der Waals surface area contributed by atoms with E-state index in [0.717, 1.165) is 43.5 Å². The van der Waals surface area contributed by atoms with E-state index in [2.05, 4.69) is 29.0 Å². The van der Waals surface area contributed by atoms with E-state index in [9.17, 15) is 0 Å². The summed E-state index contributed by atoms with van der Waals surface area (Å²) in [5, 5.41) is 4.31. The summed E-state index contributed by atoms with van der Waals surface area (Å²) < 4.78 is 5.83. The lowest BCUT2D eigenvalue weighted by Crippen LogP contribution is -2.38. The van der Waals surface area contributed by atoms with E-state index in [1.807, 2.05) is 7.05 Å². The van der Waals surface area contributed by atoms with Crippen LogP contribution in [0.3, 0.4) is 0 Å². The maximum absolute atomic E-state index is 5.83. The Bertz CT molecular complexity index is 367. The van der Waals surface area contributed by atoms with Gasteiger partial charge in [-0.3, -0.25) is 4.90 Å². The fourth-order valence-electron chi connectivity index (χ4n) is 2.05. The summed E-state index contributed by atoms with van der Waals surface area (Å²) >= 11 is 1.78. The number of aryl methyl sites for hydroxylation is 1. The molecule has 0 aromatic carbocycles. The first-order valence-corrected chi connectivity index (χ1v) is 7.01. The highest BCUT2D eigenvalue weighted by molar-refractivity contribution is 7.11.